The van der Waals surface area contributed by atoms with E-state index in [-0.39, 0.29) is 35.3 Å². The van der Waals surface area contributed by atoms with E-state index >= 15 is 0 Å². The number of nitrogens with two attached hydrogens (primary N) is 1. The minimum Gasteiger partial charge on any atom is -0.510 e. The van der Waals surface area contributed by atoms with Crippen molar-refractivity contribution in [2.75, 3.05) is 33.1 Å². The number of amides is 1. The Morgan fingerprint density at radius 3 is 2.33 bits per heavy atom. The molecule has 0 bridgehead atoms. The van der Waals surface area contributed by atoms with Crippen LogP contribution in [0, 0.1) is 23.7 Å². The Morgan fingerprint density at radius 1 is 1.05 bits per heavy atom. The van der Waals surface area contributed by atoms with E-state index in [1.54, 1.807) is 51.3 Å². The Bertz CT molecular complexity index is 1690. The lowest BCUT2D eigenvalue weighted by Crippen LogP contribution is -2.63. The molecule has 0 saturated heterocycles. The minimum absolute atomic E-state index is 0.00154. The third kappa shape index (κ3) is 4.10. The monoisotopic (exact) mass is 573 g/mol. The summed E-state index contributed by atoms with van der Waals surface area (Å²) in [6.07, 6.45) is 0.161. The van der Waals surface area contributed by atoms with Crippen LogP contribution in [-0.4, -0.2) is 87.7 Å². The first-order valence-corrected chi connectivity index (χ1v) is 13.2. The number of allylic oxidation sites excluding steroid dienone is 1. The van der Waals surface area contributed by atoms with Crippen molar-refractivity contribution in [1.29, 1.82) is 0 Å². The van der Waals surface area contributed by atoms with Gasteiger partial charge in [-0.2, -0.15) is 0 Å². The van der Waals surface area contributed by atoms with Gasteiger partial charge < -0.3 is 36.2 Å². The number of carbonyl (C=O) groups excluding carboxylic acids is 3. The summed E-state index contributed by atoms with van der Waals surface area (Å²) in [7, 11) is 6.69. The van der Waals surface area contributed by atoms with Gasteiger partial charge in [-0.05, 0) is 62.7 Å². The summed E-state index contributed by atoms with van der Waals surface area (Å²) >= 11 is 0. The summed E-state index contributed by atoms with van der Waals surface area (Å²) < 4.78 is 0. The molecule has 1 amide bonds. The number of rotatable bonds is 3. The third-order valence-electron chi connectivity index (χ3n) is 8.37. The maximum absolute atomic E-state index is 14.1. The van der Waals surface area contributed by atoms with Crippen LogP contribution >= 0.6 is 0 Å². The fourth-order valence-corrected chi connectivity index (χ4v) is 6.52. The maximum Gasteiger partial charge on any atom is 0.255 e. The fraction of sp³-hybridized carbons (Fsp3) is 0.323. The molecule has 11 heteroatoms. The smallest absolute Gasteiger partial charge is 0.255 e. The molecule has 0 radical (unpaired) electrons. The average molecular weight is 574 g/mol. The second-order valence-electron chi connectivity index (χ2n) is 11.3. The number of fused-ring (bicyclic) bond motifs is 3. The van der Waals surface area contributed by atoms with Gasteiger partial charge in [0, 0.05) is 36.8 Å². The average Bonchev–Trinajstić information content (AvgIpc) is 2.89. The number of carbonyl (C=O) groups is 3. The molecule has 218 valence electrons. The number of hydrogen-bond donors (Lipinski definition) is 6. The third-order valence-corrected chi connectivity index (χ3v) is 8.37. The van der Waals surface area contributed by atoms with Crippen molar-refractivity contribution in [3.63, 3.8) is 0 Å². The molecule has 2 aromatic carbocycles. The van der Waals surface area contributed by atoms with E-state index in [4.69, 9.17) is 5.73 Å². The van der Waals surface area contributed by atoms with Gasteiger partial charge in [0.2, 0.25) is 5.78 Å². The van der Waals surface area contributed by atoms with Gasteiger partial charge in [-0.1, -0.05) is 17.9 Å². The van der Waals surface area contributed by atoms with Gasteiger partial charge in [0.1, 0.15) is 28.6 Å². The molecule has 2 aromatic rings. The number of aliphatic hydroxyl groups excluding tert-OH is 2. The number of Topliss-reactive ketones (excluding diaryl/α,β-unsaturated/α-hetero) is 2. The van der Waals surface area contributed by atoms with Crippen molar-refractivity contribution < 1.29 is 39.9 Å². The highest BCUT2D eigenvalue weighted by Crippen LogP contribution is 2.53. The minimum atomic E-state index is -2.71. The molecule has 0 saturated carbocycles. The standard InChI is InChI=1S/C31H31N3O8/c1-33(2)20-13-15(9-8-14-6-5-7-17(35)10-14)25(36)22-18(20)11-16-12-19-24(34(3)4)27(38)23(30(32)41)29(40)31(19,42)28(39)21(16)26(22)37/h5-7,10,13,16,19,24,35-36,38-39,42H,11-12H2,1-4H3,(H2,32,41)/t16-,19-,24-,31-/m0/s1. The number of nitrogens with zero attached hydrogens (tertiary/aromatic N) is 2. The quantitative estimate of drug-likeness (QED) is 0.231. The molecule has 42 heavy (non-hydrogen) atoms. The first-order valence-electron chi connectivity index (χ1n) is 13.2. The Hall–Kier alpha value is -4.79. The summed E-state index contributed by atoms with van der Waals surface area (Å²) in [6, 6.07) is 6.80. The predicted molar refractivity (Wildman–Crippen MR) is 152 cm³/mol. The molecule has 7 N–H and O–H groups in total. The number of likely N-dealkylation sites (N-methyl/N-ethyl adjacent to an activating group) is 1. The summed E-state index contributed by atoms with van der Waals surface area (Å²) in [5.74, 6) is -1.41. The van der Waals surface area contributed by atoms with Crippen molar-refractivity contribution in [3.05, 3.63) is 75.3 Å². The van der Waals surface area contributed by atoms with E-state index in [0.717, 1.165) is 0 Å². The van der Waals surface area contributed by atoms with Crippen LogP contribution in [-0.2, 0) is 16.0 Å². The van der Waals surface area contributed by atoms with E-state index in [9.17, 15) is 39.9 Å². The van der Waals surface area contributed by atoms with Gasteiger partial charge in [0.15, 0.2) is 11.4 Å². The molecule has 0 fully saturated rings. The van der Waals surface area contributed by atoms with Gasteiger partial charge in [-0.3, -0.25) is 19.3 Å². The molecular formula is C31H31N3O8. The normalized spacial score (nSPS) is 25.0. The summed E-state index contributed by atoms with van der Waals surface area (Å²) in [4.78, 5) is 43.0. The van der Waals surface area contributed by atoms with E-state index in [2.05, 4.69) is 11.8 Å². The molecule has 3 aliphatic carbocycles. The number of phenols is 2. The highest BCUT2D eigenvalue weighted by atomic mass is 16.3. The zero-order valence-electron chi connectivity index (χ0n) is 23.5. The van der Waals surface area contributed by atoms with Crippen molar-refractivity contribution in [2.45, 2.75) is 24.5 Å². The molecular weight excluding hydrogens is 542 g/mol. The van der Waals surface area contributed by atoms with Crippen molar-refractivity contribution in [1.82, 2.24) is 4.90 Å². The Balaban J connectivity index is 1.71. The number of primary amides is 1. The van der Waals surface area contributed by atoms with Gasteiger partial charge in [0.05, 0.1) is 17.2 Å². The lowest BCUT2D eigenvalue weighted by molar-refractivity contribution is -0.148. The SMILES string of the molecule is CN(C)c1cc(C#Cc2cccc(O)c2)c(O)c2c1C[C@H]1C[C@H]3[C@H](N(C)C)C(O)=C(C(N)=O)C(=O)[C@@]3(O)C(O)=C1C2=O. The van der Waals surface area contributed by atoms with Gasteiger partial charge >= 0.3 is 0 Å². The first kappa shape index (κ1) is 28.7. The summed E-state index contributed by atoms with van der Waals surface area (Å²) in [5, 5.41) is 55.2. The second kappa shape index (κ2) is 9.94. The number of benzene rings is 2. The highest BCUT2D eigenvalue weighted by molar-refractivity contribution is 6.25. The first-order chi connectivity index (χ1) is 19.7. The number of hydrogen-bond acceptors (Lipinski definition) is 10. The van der Waals surface area contributed by atoms with Crippen LogP contribution in [0.3, 0.4) is 0 Å². The second-order valence-corrected chi connectivity index (χ2v) is 11.3. The maximum atomic E-state index is 14.1. The number of aromatic hydroxyl groups is 2. The lowest BCUT2D eigenvalue weighted by Gasteiger charge is -2.50. The van der Waals surface area contributed by atoms with Crippen molar-refractivity contribution >= 4 is 23.2 Å². The number of anilines is 1. The van der Waals surface area contributed by atoms with E-state index in [1.165, 1.54) is 17.0 Å². The van der Waals surface area contributed by atoms with Crippen LogP contribution in [0.15, 0.2) is 53.0 Å². The van der Waals surface area contributed by atoms with Gasteiger partial charge in [0.25, 0.3) is 5.91 Å². The van der Waals surface area contributed by atoms with E-state index in [0.29, 0.717) is 16.8 Å². The summed E-state index contributed by atoms with van der Waals surface area (Å²) in [6.45, 7) is 0. The van der Waals surface area contributed by atoms with Crippen molar-refractivity contribution in [2.24, 2.45) is 17.6 Å². The van der Waals surface area contributed by atoms with Crippen LogP contribution in [0.4, 0.5) is 5.69 Å². The lowest BCUT2D eigenvalue weighted by atomic mass is 9.58. The fourth-order valence-electron chi connectivity index (χ4n) is 6.52. The largest absolute Gasteiger partial charge is 0.510 e. The Kier molecular flexibility index (Phi) is 6.80. The van der Waals surface area contributed by atoms with Crippen LogP contribution in [0.1, 0.15) is 33.5 Å². The predicted octanol–water partition coefficient (Wildman–Crippen LogP) is 1.29. The van der Waals surface area contributed by atoms with Crippen molar-refractivity contribution in [3.8, 4) is 23.3 Å². The molecule has 3 aliphatic rings. The molecule has 11 nitrogen and oxygen atoms in total. The summed E-state index contributed by atoms with van der Waals surface area (Å²) in [5.41, 5.74) is 3.13. The number of phenolic OH excluding ortho intramolecular Hbond substituents is 2. The van der Waals surface area contributed by atoms with Gasteiger partial charge in [-0.25, -0.2) is 0 Å². The zero-order chi connectivity index (χ0) is 30.8. The molecule has 0 spiro atoms. The topological polar surface area (TPSA) is 185 Å². The number of ketones is 2. The Morgan fingerprint density at radius 2 is 1.74 bits per heavy atom. The molecule has 0 unspecified atom stereocenters. The van der Waals surface area contributed by atoms with Crippen LogP contribution < -0.4 is 10.6 Å². The Labute approximate surface area is 241 Å². The molecule has 5 rings (SSSR count). The van der Waals surface area contributed by atoms with E-state index in [1.807, 2.05) is 0 Å². The van der Waals surface area contributed by atoms with Crippen LogP contribution in [0.2, 0.25) is 0 Å². The molecule has 0 aromatic heterocycles. The van der Waals surface area contributed by atoms with Crippen LogP contribution in [0.25, 0.3) is 0 Å². The van der Waals surface area contributed by atoms with E-state index < -0.39 is 63.8 Å². The van der Waals surface area contributed by atoms with Gasteiger partial charge in [-0.15, -0.1) is 0 Å². The highest BCUT2D eigenvalue weighted by Gasteiger charge is 2.63. The molecule has 0 aliphatic heterocycles. The molecule has 4 atom stereocenters. The molecule has 0 heterocycles. The zero-order valence-corrected chi connectivity index (χ0v) is 23.5. The van der Waals surface area contributed by atoms with Crippen LogP contribution in [0.5, 0.6) is 11.5 Å². The number of aliphatic hydroxyl groups is 3.